The van der Waals surface area contributed by atoms with Gasteiger partial charge in [-0.15, -0.1) is 0 Å². The van der Waals surface area contributed by atoms with Crippen LogP contribution in [0.4, 0.5) is 0 Å². The fourth-order valence-corrected chi connectivity index (χ4v) is 4.26. The van der Waals surface area contributed by atoms with E-state index in [0.29, 0.717) is 16.7 Å². The lowest BCUT2D eigenvalue weighted by molar-refractivity contribution is 0.0695. The van der Waals surface area contributed by atoms with Crippen LogP contribution in [0.3, 0.4) is 0 Å². The van der Waals surface area contributed by atoms with Gasteiger partial charge in [0.2, 0.25) is 0 Å². The summed E-state index contributed by atoms with van der Waals surface area (Å²) in [7, 11) is 1.83. The highest BCUT2D eigenvalue weighted by molar-refractivity contribution is 7.99. The molecule has 0 spiro atoms. The Bertz CT molecular complexity index is 769. The maximum absolute atomic E-state index is 13.0. The van der Waals surface area contributed by atoms with E-state index >= 15 is 0 Å². The summed E-state index contributed by atoms with van der Waals surface area (Å²) < 4.78 is 0. The molecule has 0 radical (unpaired) electrons. The van der Waals surface area contributed by atoms with Gasteiger partial charge in [0, 0.05) is 24.4 Å². The zero-order chi connectivity index (χ0) is 17.1. The van der Waals surface area contributed by atoms with Crippen LogP contribution in [0.2, 0.25) is 0 Å². The standard InChI is InChI=1S/C19H19NO3S/c1-20(13-10-11-24-12-13)18(21)16-8-4-2-6-14(16)15-7-3-5-9-17(15)19(22)23/h2-9,13H,10-12H2,1H3,(H,22,23). The smallest absolute Gasteiger partial charge is 0.336 e. The van der Waals surface area contributed by atoms with E-state index in [2.05, 4.69) is 0 Å². The fraction of sp³-hybridized carbons (Fsp3) is 0.263. The minimum absolute atomic E-state index is 0.0571. The van der Waals surface area contributed by atoms with Gasteiger partial charge in [0.15, 0.2) is 0 Å². The molecule has 1 aliphatic rings. The van der Waals surface area contributed by atoms with Gasteiger partial charge in [0.25, 0.3) is 5.91 Å². The van der Waals surface area contributed by atoms with Gasteiger partial charge >= 0.3 is 5.97 Å². The van der Waals surface area contributed by atoms with Crippen LogP contribution in [0, 0.1) is 0 Å². The number of carboxylic acids is 1. The highest BCUT2D eigenvalue weighted by Gasteiger charge is 2.26. The molecule has 24 heavy (non-hydrogen) atoms. The molecule has 1 N–H and O–H groups in total. The summed E-state index contributed by atoms with van der Waals surface area (Å²) in [6.07, 6.45) is 1.00. The third-order valence-electron chi connectivity index (χ3n) is 4.38. The van der Waals surface area contributed by atoms with E-state index in [1.54, 1.807) is 35.2 Å². The van der Waals surface area contributed by atoms with Gasteiger partial charge in [-0.2, -0.15) is 11.8 Å². The van der Waals surface area contributed by atoms with Gasteiger partial charge in [-0.3, -0.25) is 4.79 Å². The Morgan fingerprint density at radius 3 is 2.21 bits per heavy atom. The highest BCUT2D eigenvalue weighted by atomic mass is 32.2. The van der Waals surface area contributed by atoms with Crippen molar-refractivity contribution in [2.24, 2.45) is 0 Å². The van der Waals surface area contributed by atoms with Crippen LogP contribution < -0.4 is 0 Å². The summed E-state index contributed by atoms with van der Waals surface area (Å²) in [4.78, 5) is 26.3. The van der Waals surface area contributed by atoms with Crippen LogP contribution in [0.5, 0.6) is 0 Å². The molecule has 0 saturated carbocycles. The third-order valence-corrected chi connectivity index (χ3v) is 5.52. The Hall–Kier alpha value is -2.27. The predicted molar refractivity (Wildman–Crippen MR) is 96.7 cm³/mol. The first-order valence-corrected chi connectivity index (χ1v) is 9.01. The lowest BCUT2D eigenvalue weighted by Crippen LogP contribution is -2.37. The van der Waals surface area contributed by atoms with E-state index in [4.69, 9.17) is 0 Å². The van der Waals surface area contributed by atoms with Gasteiger partial charge < -0.3 is 10.0 Å². The van der Waals surface area contributed by atoms with Crippen LogP contribution >= 0.6 is 11.8 Å². The van der Waals surface area contributed by atoms with Crippen molar-refractivity contribution in [3.63, 3.8) is 0 Å². The Kier molecular flexibility index (Phi) is 4.90. The maximum Gasteiger partial charge on any atom is 0.336 e. The van der Waals surface area contributed by atoms with Crippen LogP contribution in [0.25, 0.3) is 11.1 Å². The van der Waals surface area contributed by atoms with E-state index in [1.165, 1.54) is 0 Å². The number of nitrogens with zero attached hydrogens (tertiary/aromatic N) is 1. The molecule has 4 nitrogen and oxygen atoms in total. The molecular formula is C19H19NO3S. The fourth-order valence-electron chi connectivity index (χ4n) is 2.99. The summed E-state index contributed by atoms with van der Waals surface area (Å²) >= 11 is 1.86. The van der Waals surface area contributed by atoms with Crippen molar-refractivity contribution < 1.29 is 14.7 Å². The van der Waals surface area contributed by atoms with E-state index in [1.807, 2.05) is 37.0 Å². The van der Waals surface area contributed by atoms with Crippen molar-refractivity contribution in [1.82, 2.24) is 4.90 Å². The predicted octanol–water partition coefficient (Wildman–Crippen LogP) is 3.63. The van der Waals surface area contributed by atoms with Crippen LogP contribution in [0.1, 0.15) is 27.1 Å². The molecule has 1 atom stereocenters. The Labute approximate surface area is 145 Å². The van der Waals surface area contributed by atoms with Gasteiger partial charge in [-0.25, -0.2) is 4.79 Å². The summed E-state index contributed by atoms with van der Waals surface area (Å²) in [6, 6.07) is 14.3. The first kappa shape index (κ1) is 16.6. The third kappa shape index (κ3) is 3.17. The monoisotopic (exact) mass is 341 g/mol. The number of carbonyl (C=O) groups excluding carboxylic acids is 1. The van der Waals surface area contributed by atoms with Crippen molar-refractivity contribution in [1.29, 1.82) is 0 Å². The highest BCUT2D eigenvalue weighted by Crippen LogP contribution is 2.29. The molecule has 3 rings (SSSR count). The quantitative estimate of drug-likeness (QED) is 0.922. The molecule has 1 unspecified atom stereocenters. The molecule has 1 heterocycles. The first-order valence-electron chi connectivity index (χ1n) is 7.86. The topological polar surface area (TPSA) is 57.6 Å². The molecule has 1 saturated heterocycles. The summed E-state index contributed by atoms with van der Waals surface area (Å²) in [5, 5.41) is 9.44. The van der Waals surface area contributed by atoms with Gasteiger partial charge in [-0.05, 0) is 35.4 Å². The molecule has 124 valence electrons. The Morgan fingerprint density at radius 1 is 1.04 bits per heavy atom. The number of aromatic carboxylic acids is 1. The zero-order valence-corrected chi connectivity index (χ0v) is 14.3. The molecule has 5 heteroatoms. The normalized spacial score (nSPS) is 16.8. The molecule has 1 aliphatic heterocycles. The first-order chi connectivity index (χ1) is 11.6. The molecule has 0 bridgehead atoms. The lowest BCUT2D eigenvalue weighted by atomic mass is 9.94. The number of hydrogen-bond donors (Lipinski definition) is 1. The summed E-state index contributed by atoms with van der Waals surface area (Å²) in [5.74, 6) is 0.980. The second-order valence-corrected chi connectivity index (χ2v) is 6.98. The lowest BCUT2D eigenvalue weighted by Gasteiger charge is -2.25. The van der Waals surface area contributed by atoms with Gasteiger partial charge in [0.05, 0.1) is 5.56 Å². The van der Waals surface area contributed by atoms with Crippen LogP contribution in [-0.4, -0.2) is 46.5 Å². The minimum Gasteiger partial charge on any atom is -0.478 e. The van der Waals surface area contributed by atoms with E-state index < -0.39 is 5.97 Å². The number of thioether (sulfide) groups is 1. The van der Waals surface area contributed by atoms with Gasteiger partial charge in [-0.1, -0.05) is 36.4 Å². The molecule has 1 amide bonds. The second kappa shape index (κ2) is 7.09. The Balaban J connectivity index is 2.03. The molecular weight excluding hydrogens is 322 g/mol. The van der Waals surface area contributed by atoms with E-state index in [9.17, 15) is 14.7 Å². The molecule has 2 aromatic carbocycles. The van der Waals surface area contributed by atoms with Gasteiger partial charge in [0.1, 0.15) is 0 Å². The number of carboxylic acid groups (broad SMARTS) is 1. The molecule has 0 aromatic heterocycles. The molecule has 1 fully saturated rings. The van der Waals surface area contributed by atoms with Crippen LogP contribution in [0.15, 0.2) is 48.5 Å². The van der Waals surface area contributed by atoms with E-state index in [-0.39, 0.29) is 17.5 Å². The minimum atomic E-state index is -0.992. The Morgan fingerprint density at radius 2 is 1.62 bits per heavy atom. The van der Waals surface area contributed by atoms with Crippen molar-refractivity contribution >= 4 is 23.6 Å². The number of benzene rings is 2. The van der Waals surface area contributed by atoms with Crippen molar-refractivity contribution in [2.75, 3.05) is 18.6 Å². The average molecular weight is 341 g/mol. The SMILES string of the molecule is CN(C(=O)c1ccccc1-c1ccccc1C(=O)O)C1CCSC1. The number of hydrogen-bond acceptors (Lipinski definition) is 3. The van der Waals surface area contributed by atoms with E-state index in [0.717, 1.165) is 17.9 Å². The van der Waals surface area contributed by atoms with Crippen LogP contribution in [-0.2, 0) is 0 Å². The number of carbonyl (C=O) groups is 2. The number of amides is 1. The summed E-state index contributed by atoms with van der Waals surface area (Å²) in [5.41, 5.74) is 1.99. The second-order valence-electron chi connectivity index (χ2n) is 5.83. The molecule has 2 aromatic rings. The summed E-state index contributed by atoms with van der Waals surface area (Å²) in [6.45, 7) is 0. The largest absolute Gasteiger partial charge is 0.478 e. The van der Waals surface area contributed by atoms with Crippen molar-refractivity contribution in [3.05, 3.63) is 59.7 Å². The van der Waals surface area contributed by atoms with Crippen molar-refractivity contribution in [3.8, 4) is 11.1 Å². The maximum atomic E-state index is 13.0. The van der Waals surface area contributed by atoms with Crippen molar-refractivity contribution in [2.45, 2.75) is 12.5 Å². The number of rotatable bonds is 4. The molecule has 0 aliphatic carbocycles. The zero-order valence-electron chi connectivity index (χ0n) is 13.4. The average Bonchev–Trinajstić information content (AvgIpc) is 3.15.